The summed E-state index contributed by atoms with van der Waals surface area (Å²) < 4.78 is 11.6. The first kappa shape index (κ1) is 18.7. The quantitative estimate of drug-likeness (QED) is 0.857. The monoisotopic (exact) mass is 347 g/mol. The van der Waals surface area contributed by atoms with Crippen molar-refractivity contribution in [3.05, 3.63) is 29.3 Å². The van der Waals surface area contributed by atoms with E-state index < -0.39 is 0 Å². The number of rotatable bonds is 6. The van der Waals surface area contributed by atoms with Gasteiger partial charge in [-0.1, -0.05) is 19.9 Å². The maximum atomic E-state index is 10.3. The summed E-state index contributed by atoms with van der Waals surface area (Å²) in [6.45, 7) is 10.7. The first-order chi connectivity index (χ1) is 12.1. The molecule has 25 heavy (non-hydrogen) atoms. The van der Waals surface area contributed by atoms with Crippen LogP contribution in [0.2, 0.25) is 0 Å². The Labute approximate surface area is 152 Å². The molecule has 0 aliphatic carbocycles. The normalized spacial score (nSPS) is 27.8. The molecule has 1 aromatic carbocycles. The van der Waals surface area contributed by atoms with Crippen molar-refractivity contribution in [2.75, 3.05) is 32.9 Å². The third kappa shape index (κ3) is 4.55. The fourth-order valence-electron chi connectivity index (χ4n) is 4.40. The van der Waals surface area contributed by atoms with Crippen LogP contribution in [0.1, 0.15) is 50.2 Å². The molecular formula is C21H33NO3. The van der Waals surface area contributed by atoms with Gasteiger partial charge >= 0.3 is 0 Å². The van der Waals surface area contributed by atoms with E-state index in [2.05, 4.69) is 43.9 Å². The van der Waals surface area contributed by atoms with Gasteiger partial charge in [-0.15, -0.1) is 0 Å². The molecule has 3 rings (SSSR count). The molecule has 1 N–H and O–H groups in total. The first-order valence-corrected chi connectivity index (χ1v) is 9.79. The Balaban J connectivity index is 1.52. The van der Waals surface area contributed by atoms with Crippen molar-refractivity contribution in [2.45, 2.75) is 58.1 Å². The van der Waals surface area contributed by atoms with Gasteiger partial charge in [-0.3, -0.25) is 4.90 Å². The number of ether oxygens (including phenoxy) is 2. The molecule has 4 heteroatoms. The fourth-order valence-corrected chi connectivity index (χ4v) is 4.40. The van der Waals surface area contributed by atoms with E-state index in [1.165, 1.54) is 17.5 Å². The molecule has 0 unspecified atom stereocenters. The standard InChI is InChI=1S/C21H33NO3/c1-15(2)18-7-6-17(13-16(18)3)25-12-10-22-9-4-5-20(22)19-14-24-11-8-21(19)23/h6-7,13,15,19-21,23H,4-5,8-12,14H2,1-3H3/t19-,20+,21+/m0/s1. The lowest BCUT2D eigenvalue weighted by Crippen LogP contribution is -2.47. The lowest BCUT2D eigenvalue weighted by molar-refractivity contribution is -0.0634. The Hall–Kier alpha value is -1.10. The number of likely N-dealkylation sites (tertiary alicyclic amines) is 1. The minimum absolute atomic E-state index is 0.216. The SMILES string of the molecule is Cc1cc(OCCN2CCC[C@@H]2[C@@H]2COCC[C@H]2O)ccc1C(C)C. The highest BCUT2D eigenvalue weighted by atomic mass is 16.5. The Kier molecular flexibility index (Phi) is 6.37. The van der Waals surface area contributed by atoms with Crippen LogP contribution in [0.5, 0.6) is 5.75 Å². The topological polar surface area (TPSA) is 41.9 Å². The highest BCUT2D eigenvalue weighted by Gasteiger charge is 2.37. The van der Waals surface area contributed by atoms with Crippen molar-refractivity contribution >= 4 is 0 Å². The second-order valence-electron chi connectivity index (χ2n) is 7.86. The smallest absolute Gasteiger partial charge is 0.119 e. The summed E-state index contributed by atoms with van der Waals surface area (Å²) in [5.74, 6) is 1.76. The van der Waals surface area contributed by atoms with Gasteiger partial charge in [0.1, 0.15) is 12.4 Å². The summed E-state index contributed by atoms with van der Waals surface area (Å²) in [4.78, 5) is 2.48. The minimum atomic E-state index is -0.216. The van der Waals surface area contributed by atoms with E-state index in [1.807, 2.05) is 0 Å². The van der Waals surface area contributed by atoms with E-state index in [0.717, 1.165) is 31.7 Å². The Morgan fingerprint density at radius 1 is 1.32 bits per heavy atom. The first-order valence-electron chi connectivity index (χ1n) is 9.79. The molecule has 4 nitrogen and oxygen atoms in total. The van der Waals surface area contributed by atoms with E-state index in [9.17, 15) is 5.11 Å². The zero-order valence-corrected chi connectivity index (χ0v) is 15.9. The molecule has 140 valence electrons. The minimum Gasteiger partial charge on any atom is -0.492 e. The third-order valence-electron chi connectivity index (χ3n) is 5.78. The predicted molar refractivity (Wildman–Crippen MR) is 100 cm³/mol. The number of hydrogen-bond acceptors (Lipinski definition) is 4. The molecule has 0 radical (unpaired) electrons. The number of aliphatic hydroxyl groups excluding tert-OH is 1. The zero-order chi connectivity index (χ0) is 17.8. The summed E-state index contributed by atoms with van der Waals surface area (Å²) in [5.41, 5.74) is 2.69. The zero-order valence-electron chi connectivity index (χ0n) is 15.9. The molecule has 2 saturated heterocycles. The summed E-state index contributed by atoms with van der Waals surface area (Å²) in [7, 11) is 0. The van der Waals surface area contributed by atoms with E-state index >= 15 is 0 Å². The van der Waals surface area contributed by atoms with Crippen molar-refractivity contribution in [1.29, 1.82) is 0 Å². The molecule has 0 bridgehead atoms. The second kappa shape index (κ2) is 8.52. The number of hydrogen-bond donors (Lipinski definition) is 1. The Morgan fingerprint density at radius 2 is 2.16 bits per heavy atom. The molecule has 2 fully saturated rings. The van der Waals surface area contributed by atoms with Crippen LogP contribution in [0.25, 0.3) is 0 Å². The summed E-state index contributed by atoms with van der Waals surface area (Å²) in [6.07, 6.45) is 2.92. The molecule has 1 aromatic rings. The van der Waals surface area contributed by atoms with Crippen LogP contribution in [-0.2, 0) is 4.74 Å². The molecular weight excluding hydrogens is 314 g/mol. The molecule has 0 aromatic heterocycles. The number of benzene rings is 1. The van der Waals surface area contributed by atoms with Crippen LogP contribution < -0.4 is 4.74 Å². The maximum Gasteiger partial charge on any atom is 0.119 e. The molecule has 2 aliphatic heterocycles. The predicted octanol–water partition coefficient (Wildman–Crippen LogP) is 3.36. The number of nitrogens with zero attached hydrogens (tertiary/aromatic N) is 1. The van der Waals surface area contributed by atoms with Gasteiger partial charge in [0.05, 0.1) is 12.7 Å². The summed E-state index contributed by atoms with van der Waals surface area (Å²) in [5, 5.41) is 10.3. The van der Waals surface area contributed by atoms with E-state index in [4.69, 9.17) is 9.47 Å². The average Bonchev–Trinajstić information content (AvgIpc) is 3.03. The molecule has 3 atom stereocenters. The van der Waals surface area contributed by atoms with Crippen LogP contribution in [0.15, 0.2) is 18.2 Å². The van der Waals surface area contributed by atoms with Crippen LogP contribution in [0.3, 0.4) is 0 Å². The highest BCUT2D eigenvalue weighted by molar-refractivity contribution is 5.36. The molecule has 0 amide bonds. The molecule has 0 spiro atoms. The van der Waals surface area contributed by atoms with Gasteiger partial charge in [-0.05, 0) is 61.9 Å². The highest BCUT2D eigenvalue weighted by Crippen LogP contribution is 2.30. The summed E-state index contributed by atoms with van der Waals surface area (Å²) in [6, 6.07) is 6.85. The summed E-state index contributed by atoms with van der Waals surface area (Å²) >= 11 is 0. The lowest BCUT2D eigenvalue weighted by Gasteiger charge is -2.37. The largest absolute Gasteiger partial charge is 0.492 e. The second-order valence-corrected chi connectivity index (χ2v) is 7.86. The van der Waals surface area contributed by atoms with Gasteiger partial charge < -0.3 is 14.6 Å². The fraction of sp³-hybridized carbons (Fsp3) is 0.714. The van der Waals surface area contributed by atoms with E-state index in [1.54, 1.807) is 0 Å². The van der Waals surface area contributed by atoms with Gasteiger partial charge in [0.2, 0.25) is 0 Å². The average molecular weight is 347 g/mol. The van der Waals surface area contributed by atoms with E-state index in [-0.39, 0.29) is 12.0 Å². The molecule has 2 aliphatic rings. The lowest BCUT2D eigenvalue weighted by atomic mass is 9.89. The van der Waals surface area contributed by atoms with Gasteiger partial charge in [0.15, 0.2) is 0 Å². The molecule has 0 saturated carbocycles. The van der Waals surface area contributed by atoms with Gasteiger partial charge in [-0.2, -0.15) is 0 Å². The van der Waals surface area contributed by atoms with Crippen LogP contribution in [0.4, 0.5) is 0 Å². The Morgan fingerprint density at radius 3 is 2.88 bits per heavy atom. The van der Waals surface area contributed by atoms with Crippen molar-refractivity contribution in [1.82, 2.24) is 4.90 Å². The van der Waals surface area contributed by atoms with Crippen LogP contribution >= 0.6 is 0 Å². The van der Waals surface area contributed by atoms with E-state index in [0.29, 0.717) is 31.8 Å². The van der Waals surface area contributed by atoms with Crippen molar-refractivity contribution in [3.8, 4) is 5.75 Å². The Bertz CT molecular complexity index is 560. The van der Waals surface area contributed by atoms with Gasteiger partial charge in [0, 0.05) is 25.1 Å². The van der Waals surface area contributed by atoms with Crippen molar-refractivity contribution in [3.63, 3.8) is 0 Å². The van der Waals surface area contributed by atoms with Crippen LogP contribution in [-0.4, -0.2) is 55.1 Å². The number of aliphatic hydroxyl groups is 1. The van der Waals surface area contributed by atoms with Crippen molar-refractivity contribution < 1.29 is 14.6 Å². The third-order valence-corrected chi connectivity index (χ3v) is 5.78. The van der Waals surface area contributed by atoms with Gasteiger partial charge in [0.25, 0.3) is 0 Å². The van der Waals surface area contributed by atoms with Gasteiger partial charge in [-0.25, -0.2) is 0 Å². The van der Waals surface area contributed by atoms with Crippen LogP contribution in [0, 0.1) is 12.8 Å². The molecule has 2 heterocycles. The van der Waals surface area contributed by atoms with Crippen molar-refractivity contribution in [2.24, 2.45) is 5.92 Å². The number of aryl methyl sites for hydroxylation is 1. The maximum absolute atomic E-state index is 10.3.